The van der Waals surface area contributed by atoms with Crippen molar-refractivity contribution in [3.8, 4) is 0 Å². The van der Waals surface area contributed by atoms with Gasteiger partial charge in [-0.25, -0.2) is 4.79 Å². The highest BCUT2D eigenvalue weighted by molar-refractivity contribution is 5.88. The van der Waals surface area contributed by atoms with Gasteiger partial charge in [-0.2, -0.15) is 0 Å². The Labute approximate surface area is 59.5 Å². The van der Waals surface area contributed by atoms with E-state index in [1.54, 1.807) is 0 Å². The van der Waals surface area contributed by atoms with E-state index >= 15 is 0 Å². The van der Waals surface area contributed by atoms with E-state index in [0.29, 0.717) is 11.3 Å². The summed E-state index contributed by atoms with van der Waals surface area (Å²) in [4.78, 5) is 10.5. The highest BCUT2D eigenvalue weighted by atomic mass is 16.4. The minimum absolute atomic E-state index is 0.137. The lowest BCUT2D eigenvalue weighted by Gasteiger charge is -2.01. The van der Waals surface area contributed by atoms with Gasteiger partial charge in [0.15, 0.2) is 0 Å². The van der Waals surface area contributed by atoms with E-state index in [2.05, 4.69) is 0 Å². The fraction of sp³-hybridized carbons (Fsp3) is 0.571. The van der Waals surface area contributed by atoms with E-state index in [4.69, 9.17) is 10.8 Å². The van der Waals surface area contributed by atoms with Crippen molar-refractivity contribution in [2.24, 2.45) is 11.7 Å². The molecule has 3 nitrogen and oxygen atoms in total. The summed E-state index contributed by atoms with van der Waals surface area (Å²) in [6.07, 6.45) is 1.62. The van der Waals surface area contributed by atoms with E-state index < -0.39 is 5.97 Å². The van der Waals surface area contributed by atoms with Gasteiger partial charge in [-0.15, -0.1) is 0 Å². The first-order valence-electron chi connectivity index (χ1n) is 3.34. The van der Waals surface area contributed by atoms with Gasteiger partial charge in [-0.3, -0.25) is 0 Å². The number of rotatable bonds is 1. The summed E-state index contributed by atoms with van der Waals surface area (Å²) in [6.45, 7) is 1.89. The van der Waals surface area contributed by atoms with Gasteiger partial charge in [-0.05, 0) is 18.8 Å². The number of carbonyl (C=O) groups is 1. The van der Waals surface area contributed by atoms with Crippen molar-refractivity contribution in [1.82, 2.24) is 0 Å². The number of aliphatic carboxylic acids is 1. The Kier molecular flexibility index (Phi) is 1.66. The second kappa shape index (κ2) is 2.33. The first kappa shape index (κ1) is 7.12. The Morgan fingerprint density at radius 2 is 2.40 bits per heavy atom. The molecule has 3 heteroatoms. The molecule has 1 unspecified atom stereocenters. The first-order chi connectivity index (χ1) is 4.63. The van der Waals surface area contributed by atoms with Crippen LogP contribution >= 0.6 is 0 Å². The summed E-state index contributed by atoms with van der Waals surface area (Å²) in [7, 11) is 0. The zero-order valence-electron chi connectivity index (χ0n) is 5.92. The van der Waals surface area contributed by atoms with E-state index in [9.17, 15) is 4.79 Å². The van der Waals surface area contributed by atoms with Gasteiger partial charge in [0, 0.05) is 5.70 Å². The number of nitrogens with two attached hydrogens (primary N) is 1. The molecule has 3 N–H and O–H groups in total. The SMILES string of the molecule is CC1CCC(N)=C1C(=O)O. The van der Waals surface area contributed by atoms with Crippen molar-refractivity contribution < 1.29 is 9.90 Å². The van der Waals surface area contributed by atoms with Crippen LogP contribution < -0.4 is 5.73 Å². The molecule has 1 rings (SSSR count). The van der Waals surface area contributed by atoms with Crippen LogP contribution in [0.15, 0.2) is 11.3 Å². The van der Waals surface area contributed by atoms with Gasteiger partial charge in [-0.1, -0.05) is 6.92 Å². The maximum Gasteiger partial charge on any atom is 0.333 e. The third-order valence-corrected chi connectivity index (χ3v) is 1.92. The summed E-state index contributed by atoms with van der Waals surface area (Å²) < 4.78 is 0. The molecule has 0 heterocycles. The van der Waals surface area contributed by atoms with Crippen molar-refractivity contribution >= 4 is 5.97 Å². The smallest absolute Gasteiger partial charge is 0.333 e. The molecular weight excluding hydrogens is 130 g/mol. The van der Waals surface area contributed by atoms with Crippen LogP contribution in [0, 0.1) is 5.92 Å². The average molecular weight is 141 g/mol. The summed E-state index contributed by atoms with van der Waals surface area (Å²) >= 11 is 0. The van der Waals surface area contributed by atoms with Crippen LogP contribution in [0.4, 0.5) is 0 Å². The molecule has 0 radical (unpaired) electrons. The largest absolute Gasteiger partial charge is 0.478 e. The minimum Gasteiger partial charge on any atom is -0.478 e. The Hall–Kier alpha value is -0.990. The lowest BCUT2D eigenvalue weighted by Crippen LogP contribution is -2.09. The lowest BCUT2D eigenvalue weighted by atomic mass is 10.0. The monoisotopic (exact) mass is 141 g/mol. The molecule has 10 heavy (non-hydrogen) atoms. The molecule has 0 aromatic carbocycles. The molecule has 56 valence electrons. The molecule has 0 saturated heterocycles. The molecule has 0 bridgehead atoms. The van der Waals surface area contributed by atoms with Crippen molar-refractivity contribution in [3.63, 3.8) is 0 Å². The van der Waals surface area contributed by atoms with E-state index in [0.717, 1.165) is 12.8 Å². The Balaban J connectivity index is 2.88. The zero-order chi connectivity index (χ0) is 7.72. The van der Waals surface area contributed by atoms with Gasteiger partial charge in [0.2, 0.25) is 0 Å². The standard InChI is InChI=1S/C7H11NO2/c1-4-2-3-5(8)6(4)7(9)10/h4H,2-3,8H2,1H3,(H,9,10). The molecule has 0 aromatic heterocycles. The van der Waals surface area contributed by atoms with Gasteiger partial charge < -0.3 is 10.8 Å². The maximum atomic E-state index is 10.5. The zero-order valence-corrected chi connectivity index (χ0v) is 5.92. The number of allylic oxidation sites excluding steroid dienone is 1. The predicted octanol–water partition coefficient (Wildman–Crippen LogP) is 0.714. The van der Waals surface area contributed by atoms with Gasteiger partial charge in [0.1, 0.15) is 0 Å². The van der Waals surface area contributed by atoms with Crippen molar-refractivity contribution in [1.29, 1.82) is 0 Å². The molecule has 1 atom stereocenters. The quantitative estimate of drug-likeness (QED) is 0.565. The highest BCUT2D eigenvalue weighted by Gasteiger charge is 2.24. The van der Waals surface area contributed by atoms with Crippen LogP contribution in [0.3, 0.4) is 0 Å². The second-order valence-corrected chi connectivity index (χ2v) is 2.68. The second-order valence-electron chi connectivity index (χ2n) is 2.68. The minimum atomic E-state index is -0.859. The number of carboxylic acids is 1. The van der Waals surface area contributed by atoms with Crippen LogP contribution in [0.1, 0.15) is 19.8 Å². The number of hydrogen-bond donors (Lipinski definition) is 2. The van der Waals surface area contributed by atoms with Crippen molar-refractivity contribution in [2.45, 2.75) is 19.8 Å². The fourth-order valence-electron chi connectivity index (χ4n) is 1.32. The molecule has 0 saturated carbocycles. The maximum absolute atomic E-state index is 10.5. The Morgan fingerprint density at radius 1 is 1.80 bits per heavy atom. The summed E-state index contributed by atoms with van der Waals surface area (Å²) in [5.74, 6) is -0.722. The van der Waals surface area contributed by atoms with Gasteiger partial charge in [0.05, 0.1) is 5.57 Å². The third kappa shape index (κ3) is 0.988. The van der Waals surface area contributed by atoms with E-state index in [1.165, 1.54) is 0 Å². The predicted molar refractivity (Wildman–Crippen MR) is 37.2 cm³/mol. The van der Waals surface area contributed by atoms with E-state index in [-0.39, 0.29) is 5.92 Å². The van der Waals surface area contributed by atoms with Crippen LogP contribution in [0.5, 0.6) is 0 Å². The summed E-state index contributed by atoms with van der Waals surface area (Å²) in [5.41, 5.74) is 6.44. The molecule has 1 aliphatic carbocycles. The van der Waals surface area contributed by atoms with Gasteiger partial charge in [0.25, 0.3) is 0 Å². The van der Waals surface area contributed by atoms with Crippen LogP contribution in [-0.4, -0.2) is 11.1 Å². The number of carboxylic acid groups (broad SMARTS) is 1. The van der Waals surface area contributed by atoms with E-state index in [1.807, 2.05) is 6.92 Å². The average Bonchev–Trinajstić information content (AvgIpc) is 2.11. The van der Waals surface area contributed by atoms with Crippen LogP contribution in [0.25, 0.3) is 0 Å². The fourth-order valence-corrected chi connectivity index (χ4v) is 1.32. The van der Waals surface area contributed by atoms with Crippen molar-refractivity contribution in [2.75, 3.05) is 0 Å². The van der Waals surface area contributed by atoms with Crippen LogP contribution in [-0.2, 0) is 4.79 Å². The molecular formula is C7H11NO2. The summed E-state index contributed by atoms with van der Waals surface area (Å²) in [5, 5.41) is 8.62. The first-order valence-corrected chi connectivity index (χ1v) is 3.34. The molecule has 0 aromatic rings. The third-order valence-electron chi connectivity index (χ3n) is 1.92. The molecule has 0 fully saturated rings. The Bertz CT molecular complexity index is 196. The molecule has 1 aliphatic rings. The molecule has 0 aliphatic heterocycles. The lowest BCUT2D eigenvalue weighted by molar-refractivity contribution is -0.133. The highest BCUT2D eigenvalue weighted by Crippen LogP contribution is 2.28. The molecule has 0 spiro atoms. The summed E-state index contributed by atoms with van der Waals surface area (Å²) in [6, 6.07) is 0. The van der Waals surface area contributed by atoms with Crippen molar-refractivity contribution in [3.05, 3.63) is 11.3 Å². The molecule has 0 amide bonds. The Morgan fingerprint density at radius 3 is 2.60 bits per heavy atom. The topological polar surface area (TPSA) is 63.3 Å². The van der Waals surface area contributed by atoms with Crippen LogP contribution in [0.2, 0.25) is 0 Å². The number of hydrogen-bond acceptors (Lipinski definition) is 2. The normalized spacial score (nSPS) is 25.5. The van der Waals surface area contributed by atoms with Gasteiger partial charge >= 0.3 is 5.97 Å².